The van der Waals surface area contributed by atoms with Crippen LogP contribution in [0.5, 0.6) is 11.8 Å². The maximum atomic E-state index is 11.4. The number of nitrogens with zero attached hydrogens (tertiary/aromatic N) is 4. The highest BCUT2D eigenvalue weighted by Gasteiger charge is 2.20. The SMILES string of the molecule is CC(C)Oc1nc2cc([N+](=O)[O-])cc(-n3ccc(=O)cc3)c2nc1OC(C)C. The van der Waals surface area contributed by atoms with Crippen LogP contribution in [-0.2, 0) is 0 Å². The fraction of sp³-hybridized carbons (Fsp3) is 0.316. The fourth-order valence-electron chi connectivity index (χ4n) is 2.57. The topological polar surface area (TPSA) is 109 Å². The van der Waals surface area contributed by atoms with Crippen molar-refractivity contribution in [3.05, 3.63) is 57.0 Å². The van der Waals surface area contributed by atoms with Crippen molar-refractivity contribution in [1.82, 2.24) is 14.5 Å². The molecule has 0 fully saturated rings. The molecule has 2 aromatic heterocycles. The average Bonchev–Trinajstić information content (AvgIpc) is 2.61. The molecular formula is C19H20N4O5. The molecule has 146 valence electrons. The van der Waals surface area contributed by atoms with Crippen LogP contribution in [0.15, 0.2) is 41.5 Å². The zero-order chi connectivity index (χ0) is 20.4. The standard InChI is InChI=1S/C19H20N4O5/c1-11(2)27-18-19(28-12(3)4)21-17-15(20-18)9-13(23(25)26)10-16(17)22-7-5-14(24)6-8-22/h5-12H,1-4H3. The summed E-state index contributed by atoms with van der Waals surface area (Å²) < 4.78 is 13.0. The minimum absolute atomic E-state index is 0.150. The molecule has 3 rings (SSSR count). The van der Waals surface area contributed by atoms with Crippen LogP contribution in [0.3, 0.4) is 0 Å². The minimum Gasteiger partial charge on any atom is -0.471 e. The van der Waals surface area contributed by atoms with Crippen molar-refractivity contribution in [2.24, 2.45) is 0 Å². The Morgan fingerprint density at radius 3 is 2.11 bits per heavy atom. The maximum absolute atomic E-state index is 11.4. The number of non-ortho nitro benzene ring substituents is 1. The van der Waals surface area contributed by atoms with Crippen molar-refractivity contribution >= 4 is 16.7 Å². The molecule has 1 aromatic carbocycles. The molecule has 0 radical (unpaired) electrons. The Hall–Kier alpha value is -3.49. The molecule has 0 bridgehead atoms. The molecule has 0 aliphatic rings. The summed E-state index contributed by atoms with van der Waals surface area (Å²) in [6, 6.07) is 5.43. The zero-order valence-electron chi connectivity index (χ0n) is 15.9. The summed E-state index contributed by atoms with van der Waals surface area (Å²) >= 11 is 0. The molecule has 0 aliphatic heterocycles. The molecule has 28 heavy (non-hydrogen) atoms. The highest BCUT2D eigenvalue weighted by atomic mass is 16.6. The van der Waals surface area contributed by atoms with E-state index in [9.17, 15) is 14.9 Å². The van der Waals surface area contributed by atoms with E-state index in [1.807, 2.05) is 27.7 Å². The summed E-state index contributed by atoms with van der Waals surface area (Å²) in [5, 5.41) is 11.4. The third-order valence-electron chi connectivity index (χ3n) is 3.66. The Bertz CT molecular complexity index is 1070. The largest absolute Gasteiger partial charge is 0.471 e. The van der Waals surface area contributed by atoms with Crippen molar-refractivity contribution in [3.8, 4) is 17.4 Å². The lowest BCUT2D eigenvalue weighted by atomic mass is 10.2. The lowest BCUT2D eigenvalue weighted by Gasteiger charge is -2.17. The lowest BCUT2D eigenvalue weighted by molar-refractivity contribution is -0.384. The number of nitro benzene ring substituents is 1. The van der Waals surface area contributed by atoms with Crippen molar-refractivity contribution in [2.45, 2.75) is 39.9 Å². The zero-order valence-corrected chi connectivity index (χ0v) is 15.9. The second-order valence-electron chi connectivity index (χ2n) is 6.70. The van der Waals surface area contributed by atoms with Crippen molar-refractivity contribution in [2.75, 3.05) is 0 Å². The van der Waals surface area contributed by atoms with Gasteiger partial charge < -0.3 is 14.0 Å². The van der Waals surface area contributed by atoms with Gasteiger partial charge in [0.15, 0.2) is 5.43 Å². The van der Waals surface area contributed by atoms with Crippen LogP contribution < -0.4 is 14.9 Å². The summed E-state index contributed by atoms with van der Waals surface area (Å²) in [7, 11) is 0. The number of nitro groups is 1. The van der Waals surface area contributed by atoms with Crippen LogP contribution in [0.25, 0.3) is 16.7 Å². The summed E-state index contributed by atoms with van der Waals surface area (Å²) in [4.78, 5) is 31.3. The minimum atomic E-state index is -0.505. The lowest BCUT2D eigenvalue weighted by Crippen LogP contribution is -2.14. The van der Waals surface area contributed by atoms with Gasteiger partial charge in [0.1, 0.15) is 11.0 Å². The molecule has 0 unspecified atom stereocenters. The first-order chi connectivity index (χ1) is 13.2. The monoisotopic (exact) mass is 384 g/mol. The van der Waals surface area contributed by atoms with E-state index in [1.165, 1.54) is 36.7 Å². The van der Waals surface area contributed by atoms with Gasteiger partial charge in [-0.1, -0.05) is 0 Å². The Morgan fingerprint density at radius 1 is 1.00 bits per heavy atom. The van der Waals surface area contributed by atoms with Gasteiger partial charge in [-0.15, -0.1) is 0 Å². The number of benzene rings is 1. The van der Waals surface area contributed by atoms with Gasteiger partial charge in [0.05, 0.1) is 22.8 Å². The molecule has 9 nitrogen and oxygen atoms in total. The molecule has 0 saturated heterocycles. The molecule has 3 aromatic rings. The van der Waals surface area contributed by atoms with Gasteiger partial charge in [0.25, 0.3) is 17.4 Å². The molecule has 9 heteroatoms. The van der Waals surface area contributed by atoms with E-state index >= 15 is 0 Å². The molecular weight excluding hydrogens is 364 g/mol. The molecule has 0 N–H and O–H groups in total. The van der Waals surface area contributed by atoms with Gasteiger partial charge in [0, 0.05) is 36.7 Å². The number of ether oxygens (including phenoxy) is 2. The predicted molar refractivity (Wildman–Crippen MR) is 103 cm³/mol. The van der Waals surface area contributed by atoms with Gasteiger partial charge in [-0.3, -0.25) is 14.9 Å². The van der Waals surface area contributed by atoms with E-state index in [0.717, 1.165) is 0 Å². The van der Waals surface area contributed by atoms with Crippen LogP contribution in [0.1, 0.15) is 27.7 Å². The summed E-state index contributed by atoms with van der Waals surface area (Å²) in [5.41, 5.74) is 0.758. The Labute approximate surface area is 160 Å². The molecule has 0 saturated carbocycles. The van der Waals surface area contributed by atoms with Crippen LogP contribution >= 0.6 is 0 Å². The van der Waals surface area contributed by atoms with Gasteiger partial charge in [0.2, 0.25) is 0 Å². The van der Waals surface area contributed by atoms with Gasteiger partial charge in [-0.25, -0.2) is 9.97 Å². The third kappa shape index (κ3) is 4.08. The Kier molecular flexibility index (Phi) is 5.25. The average molecular weight is 384 g/mol. The normalized spacial score (nSPS) is 11.2. The van der Waals surface area contributed by atoms with Crippen molar-refractivity contribution in [3.63, 3.8) is 0 Å². The molecule has 0 spiro atoms. The number of fused-ring (bicyclic) bond motifs is 1. The molecule has 2 heterocycles. The van der Waals surface area contributed by atoms with E-state index in [4.69, 9.17) is 9.47 Å². The fourth-order valence-corrected chi connectivity index (χ4v) is 2.57. The first-order valence-electron chi connectivity index (χ1n) is 8.77. The summed E-state index contributed by atoms with van der Waals surface area (Å²) in [6.07, 6.45) is 2.68. The summed E-state index contributed by atoms with van der Waals surface area (Å²) in [6.45, 7) is 7.38. The number of hydrogen-bond donors (Lipinski definition) is 0. The van der Waals surface area contributed by atoms with Crippen LogP contribution in [-0.4, -0.2) is 31.7 Å². The Balaban J connectivity index is 2.32. The Morgan fingerprint density at radius 2 is 1.57 bits per heavy atom. The van der Waals surface area contributed by atoms with Gasteiger partial charge >= 0.3 is 0 Å². The van der Waals surface area contributed by atoms with Crippen molar-refractivity contribution < 1.29 is 14.4 Å². The molecule has 0 amide bonds. The number of rotatable bonds is 6. The molecule has 0 atom stereocenters. The van der Waals surface area contributed by atoms with Crippen LogP contribution in [0.2, 0.25) is 0 Å². The number of aromatic nitrogens is 3. The number of hydrogen-bond acceptors (Lipinski definition) is 7. The van der Waals surface area contributed by atoms with E-state index in [0.29, 0.717) is 11.2 Å². The van der Waals surface area contributed by atoms with Gasteiger partial charge in [-0.05, 0) is 27.7 Å². The first-order valence-corrected chi connectivity index (χ1v) is 8.77. The number of pyridine rings is 1. The van der Waals surface area contributed by atoms with Gasteiger partial charge in [-0.2, -0.15) is 0 Å². The van der Waals surface area contributed by atoms with E-state index < -0.39 is 4.92 Å². The van der Waals surface area contributed by atoms with E-state index in [1.54, 1.807) is 4.57 Å². The van der Waals surface area contributed by atoms with Crippen LogP contribution in [0, 0.1) is 10.1 Å². The molecule has 0 aliphatic carbocycles. The van der Waals surface area contributed by atoms with Crippen molar-refractivity contribution in [1.29, 1.82) is 0 Å². The summed E-state index contributed by atoms with van der Waals surface area (Å²) in [5.74, 6) is 0.370. The third-order valence-corrected chi connectivity index (χ3v) is 3.66. The maximum Gasteiger partial charge on any atom is 0.279 e. The van der Waals surface area contributed by atoms with E-state index in [-0.39, 0.29) is 40.6 Å². The second kappa shape index (κ2) is 7.63. The smallest absolute Gasteiger partial charge is 0.279 e. The van der Waals surface area contributed by atoms with Crippen LogP contribution in [0.4, 0.5) is 5.69 Å². The second-order valence-corrected chi connectivity index (χ2v) is 6.70. The highest BCUT2D eigenvalue weighted by molar-refractivity contribution is 5.87. The first kappa shape index (κ1) is 19.3. The quantitative estimate of drug-likeness (QED) is 0.474. The van der Waals surface area contributed by atoms with E-state index in [2.05, 4.69) is 9.97 Å². The highest BCUT2D eigenvalue weighted by Crippen LogP contribution is 2.32. The predicted octanol–water partition coefficient (Wildman–Crippen LogP) is 3.26.